The van der Waals surface area contributed by atoms with Gasteiger partial charge in [0.05, 0.1) is 6.54 Å². The number of halogens is 2. The molecule has 0 N–H and O–H groups in total. The first-order chi connectivity index (χ1) is 14.6. The van der Waals surface area contributed by atoms with Gasteiger partial charge in [-0.3, -0.25) is 4.79 Å². The highest BCUT2D eigenvalue weighted by Gasteiger charge is 2.24. The molecular weight excluding hydrogens is 419 g/mol. The van der Waals surface area contributed by atoms with E-state index in [0.717, 1.165) is 23.2 Å². The summed E-state index contributed by atoms with van der Waals surface area (Å²) < 4.78 is 7.31. The van der Waals surface area contributed by atoms with E-state index in [1.165, 1.54) is 0 Å². The Bertz CT molecular complexity index is 943. The van der Waals surface area contributed by atoms with E-state index in [4.69, 9.17) is 27.9 Å². The predicted molar refractivity (Wildman–Crippen MR) is 122 cm³/mol. The fourth-order valence-electron chi connectivity index (χ4n) is 3.37. The monoisotopic (exact) mass is 444 g/mol. The summed E-state index contributed by atoms with van der Waals surface area (Å²) in [5.41, 5.74) is 2.95. The first kappa shape index (κ1) is 22.4. The molecule has 0 saturated heterocycles. The van der Waals surface area contributed by atoms with E-state index in [0.29, 0.717) is 31.3 Å². The van der Waals surface area contributed by atoms with Crippen molar-refractivity contribution >= 4 is 29.1 Å². The Morgan fingerprint density at radius 2 is 1.90 bits per heavy atom. The summed E-state index contributed by atoms with van der Waals surface area (Å²) in [5.74, 6) is -0.102. The fraction of sp³-hybridized carbons (Fsp3) is 0.292. The third kappa shape index (κ3) is 6.11. The van der Waals surface area contributed by atoms with Crippen molar-refractivity contribution < 1.29 is 9.53 Å². The molecule has 0 fully saturated rings. The Morgan fingerprint density at radius 1 is 1.10 bits per heavy atom. The van der Waals surface area contributed by atoms with E-state index < -0.39 is 5.38 Å². The number of rotatable bonds is 10. The standard InChI is InChI=1S/C24H26Cl2N2O2/c1-30-15-7-14-28(24(29)23(26)20-9-3-2-4-10-20)18-22-12-6-13-27(22)17-19-8-5-11-21(25)16-19/h2-6,8-13,16,23H,7,14-15,17-18H2,1H3. The van der Waals surface area contributed by atoms with Gasteiger partial charge in [-0.2, -0.15) is 0 Å². The normalized spacial score (nSPS) is 12.0. The van der Waals surface area contributed by atoms with Crippen LogP contribution in [0, 0.1) is 0 Å². The van der Waals surface area contributed by atoms with Crippen molar-refractivity contribution in [2.24, 2.45) is 0 Å². The number of amides is 1. The number of ether oxygens (including phenoxy) is 1. The highest BCUT2D eigenvalue weighted by Crippen LogP contribution is 2.24. The molecule has 158 valence electrons. The summed E-state index contributed by atoms with van der Waals surface area (Å²) in [6.45, 7) is 2.33. The van der Waals surface area contributed by atoms with Crippen LogP contribution in [0.1, 0.15) is 28.6 Å². The Labute approximate surface area is 188 Å². The van der Waals surface area contributed by atoms with Gasteiger partial charge in [-0.05, 0) is 41.8 Å². The van der Waals surface area contributed by atoms with Gasteiger partial charge < -0.3 is 14.2 Å². The van der Waals surface area contributed by atoms with Crippen LogP contribution in [0.25, 0.3) is 0 Å². The number of hydrogen-bond acceptors (Lipinski definition) is 2. The van der Waals surface area contributed by atoms with Crippen LogP contribution in [-0.4, -0.2) is 35.6 Å². The van der Waals surface area contributed by atoms with Crippen LogP contribution in [0.2, 0.25) is 5.02 Å². The van der Waals surface area contributed by atoms with E-state index in [1.807, 2.05) is 77.8 Å². The molecule has 0 saturated carbocycles. The van der Waals surface area contributed by atoms with Gasteiger partial charge in [0.1, 0.15) is 5.38 Å². The molecule has 3 rings (SSSR count). The van der Waals surface area contributed by atoms with Crippen molar-refractivity contribution in [3.05, 3.63) is 94.8 Å². The van der Waals surface area contributed by atoms with Gasteiger partial charge in [0.15, 0.2) is 0 Å². The molecule has 6 heteroatoms. The average Bonchev–Trinajstić information content (AvgIpc) is 3.19. The Balaban J connectivity index is 1.77. The number of benzene rings is 2. The second-order valence-corrected chi connectivity index (χ2v) is 8.01. The van der Waals surface area contributed by atoms with Crippen LogP contribution in [0.5, 0.6) is 0 Å². The lowest BCUT2D eigenvalue weighted by atomic mass is 10.1. The SMILES string of the molecule is COCCCN(Cc1cccn1Cc1cccc(Cl)c1)C(=O)C(Cl)c1ccccc1. The van der Waals surface area contributed by atoms with Gasteiger partial charge in [-0.15, -0.1) is 11.6 Å². The maximum atomic E-state index is 13.2. The highest BCUT2D eigenvalue weighted by atomic mass is 35.5. The molecule has 0 aliphatic rings. The molecule has 0 radical (unpaired) electrons. The summed E-state index contributed by atoms with van der Waals surface area (Å²) in [5, 5.41) is -0.00416. The molecule has 2 aromatic carbocycles. The van der Waals surface area contributed by atoms with Crippen molar-refractivity contribution in [2.45, 2.75) is 24.9 Å². The van der Waals surface area contributed by atoms with Crippen LogP contribution < -0.4 is 0 Å². The van der Waals surface area contributed by atoms with E-state index in [-0.39, 0.29) is 5.91 Å². The second-order valence-electron chi connectivity index (χ2n) is 7.14. The van der Waals surface area contributed by atoms with Crippen molar-refractivity contribution in [1.29, 1.82) is 0 Å². The average molecular weight is 445 g/mol. The van der Waals surface area contributed by atoms with E-state index in [1.54, 1.807) is 7.11 Å². The number of carbonyl (C=O) groups excluding carboxylic acids is 1. The summed E-state index contributed by atoms with van der Waals surface area (Å²) in [4.78, 5) is 15.0. The van der Waals surface area contributed by atoms with E-state index in [9.17, 15) is 4.79 Å². The maximum absolute atomic E-state index is 13.2. The van der Waals surface area contributed by atoms with Gasteiger partial charge in [0.25, 0.3) is 0 Å². The van der Waals surface area contributed by atoms with Crippen molar-refractivity contribution in [1.82, 2.24) is 9.47 Å². The lowest BCUT2D eigenvalue weighted by Gasteiger charge is -2.26. The van der Waals surface area contributed by atoms with E-state index >= 15 is 0 Å². The molecule has 30 heavy (non-hydrogen) atoms. The molecule has 1 atom stereocenters. The second kappa shape index (κ2) is 11.2. The molecule has 1 heterocycles. The van der Waals surface area contributed by atoms with Gasteiger partial charge in [-0.1, -0.05) is 54.1 Å². The number of nitrogens with zero attached hydrogens (tertiary/aromatic N) is 2. The van der Waals surface area contributed by atoms with E-state index in [2.05, 4.69) is 4.57 Å². The first-order valence-electron chi connectivity index (χ1n) is 9.93. The Hall–Kier alpha value is -2.27. The first-order valence-corrected chi connectivity index (χ1v) is 10.7. The third-order valence-electron chi connectivity index (χ3n) is 4.92. The minimum absolute atomic E-state index is 0.102. The van der Waals surface area contributed by atoms with Crippen LogP contribution in [0.15, 0.2) is 72.9 Å². The quantitative estimate of drug-likeness (QED) is 0.304. The Morgan fingerprint density at radius 3 is 2.63 bits per heavy atom. The number of alkyl halides is 1. The molecule has 1 aromatic heterocycles. The molecule has 0 spiro atoms. The molecule has 1 unspecified atom stereocenters. The number of aromatic nitrogens is 1. The Kier molecular flexibility index (Phi) is 8.38. The van der Waals surface area contributed by atoms with Crippen LogP contribution in [0.4, 0.5) is 0 Å². The number of hydrogen-bond donors (Lipinski definition) is 0. The molecular formula is C24H26Cl2N2O2. The largest absolute Gasteiger partial charge is 0.385 e. The predicted octanol–water partition coefficient (Wildman–Crippen LogP) is 5.54. The van der Waals surface area contributed by atoms with Crippen LogP contribution in [-0.2, 0) is 22.6 Å². The summed E-state index contributed by atoms with van der Waals surface area (Å²) in [6, 6.07) is 21.3. The fourth-order valence-corrected chi connectivity index (χ4v) is 3.86. The van der Waals surface area contributed by atoms with Gasteiger partial charge in [-0.25, -0.2) is 0 Å². The number of carbonyl (C=O) groups is 1. The molecule has 0 aliphatic carbocycles. The van der Waals surface area contributed by atoms with Crippen molar-refractivity contribution in [2.75, 3.05) is 20.3 Å². The lowest BCUT2D eigenvalue weighted by Crippen LogP contribution is -2.35. The van der Waals surface area contributed by atoms with Gasteiger partial charge in [0, 0.05) is 43.7 Å². The highest BCUT2D eigenvalue weighted by molar-refractivity contribution is 6.31. The molecule has 1 amide bonds. The topological polar surface area (TPSA) is 34.5 Å². The molecule has 0 bridgehead atoms. The zero-order chi connectivity index (χ0) is 21.3. The maximum Gasteiger partial charge on any atom is 0.245 e. The molecule has 4 nitrogen and oxygen atoms in total. The minimum atomic E-state index is -0.718. The summed E-state index contributed by atoms with van der Waals surface area (Å²) >= 11 is 12.7. The van der Waals surface area contributed by atoms with Crippen molar-refractivity contribution in [3.8, 4) is 0 Å². The number of methoxy groups -OCH3 is 1. The van der Waals surface area contributed by atoms with Gasteiger partial charge >= 0.3 is 0 Å². The van der Waals surface area contributed by atoms with Gasteiger partial charge in [0.2, 0.25) is 5.91 Å². The lowest BCUT2D eigenvalue weighted by molar-refractivity contribution is -0.131. The summed E-state index contributed by atoms with van der Waals surface area (Å²) in [7, 11) is 1.66. The van der Waals surface area contributed by atoms with Crippen LogP contribution in [0.3, 0.4) is 0 Å². The minimum Gasteiger partial charge on any atom is -0.385 e. The zero-order valence-corrected chi connectivity index (χ0v) is 18.5. The smallest absolute Gasteiger partial charge is 0.245 e. The molecule has 3 aromatic rings. The third-order valence-corrected chi connectivity index (χ3v) is 5.59. The zero-order valence-electron chi connectivity index (χ0n) is 17.0. The molecule has 0 aliphatic heterocycles. The van der Waals surface area contributed by atoms with Crippen molar-refractivity contribution in [3.63, 3.8) is 0 Å². The summed E-state index contributed by atoms with van der Waals surface area (Å²) in [6.07, 6.45) is 2.76. The van der Waals surface area contributed by atoms with Crippen LogP contribution >= 0.6 is 23.2 Å².